The molecule has 1 N–H and O–H groups in total. The summed E-state index contributed by atoms with van der Waals surface area (Å²) in [5, 5.41) is 12.6. The van der Waals surface area contributed by atoms with Crippen LogP contribution in [0.15, 0.2) is 28.6 Å². The molecule has 2 saturated heterocycles. The maximum atomic E-state index is 13.0. The van der Waals surface area contributed by atoms with Crippen molar-refractivity contribution < 1.29 is 18.3 Å². The number of hydrogen-bond donors (Lipinski definition) is 1. The highest BCUT2D eigenvalue weighted by atomic mass is 32.2. The van der Waals surface area contributed by atoms with Crippen molar-refractivity contribution in [3.05, 3.63) is 34.2 Å². The van der Waals surface area contributed by atoms with Crippen LogP contribution < -0.4 is 14.8 Å². The summed E-state index contributed by atoms with van der Waals surface area (Å²) in [7, 11) is -3.51. The minimum absolute atomic E-state index is 0.0442. The average molecular weight is 450 g/mol. The molecular weight excluding hydrogens is 430 g/mol. The topological polar surface area (TPSA) is 117 Å². The van der Waals surface area contributed by atoms with E-state index in [1.54, 1.807) is 23.8 Å². The predicted molar refractivity (Wildman–Crippen MR) is 113 cm³/mol. The van der Waals surface area contributed by atoms with Crippen molar-refractivity contribution in [2.24, 2.45) is 0 Å². The van der Waals surface area contributed by atoms with Crippen molar-refractivity contribution in [1.82, 2.24) is 14.4 Å². The molecule has 0 aromatic carbocycles. The van der Waals surface area contributed by atoms with E-state index in [2.05, 4.69) is 9.97 Å². The Morgan fingerprint density at radius 1 is 1.20 bits per heavy atom. The Hall–Kier alpha value is -2.70. The average Bonchev–Trinajstić information content (AvgIpc) is 3.40. The zero-order chi connectivity index (χ0) is 20.9. The maximum Gasteiger partial charge on any atom is 0.300 e. The Labute approximate surface area is 176 Å². The normalized spacial score (nSPS) is 18.9. The van der Waals surface area contributed by atoms with Crippen molar-refractivity contribution in [2.75, 3.05) is 47.8 Å². The van der Waals surface area contributed by atoms with Gasteiger partial charge in [0.1, 0.15) is 10.7 Å². The van der Waals surface area contributed by atoms with E-state index in [1.807, 2.05) is 4.90 Å². The fourth-order valence-corrected chi connectivity index (χ4v) is 5.96. The molecule has 3 aromatic heterocycles. The van der Waals surface area contributed by atoms with E-state index in [1.165, 1.54) is 20.0 Å². The van der Waals surface area contributed by atoms with Gasteiger partial charge in [0.15, 0.2) is 5.65 Å². The van der Waals surface area contributed by atoms with Gasteiger partial charge in [-0.05, 0) is 12.5 Å². The van der Waals surface area contributed by atoms with Crippen LogP contribution in [-0.2, 0) is 14.8 Å². The molecule has 12 heteroatoms. The molecule has 0 amide bonds. The number of nitrogens with zero attached hydrogens (tertiary/aromatic N) is 5. The number of anilines is 2. The fraction of sp³-hybridized carbons (Fsp3) is 0.389. The second-order valence-electron chi connectivity index (χ2n) is 7.07. The largest absolute Gasteiger partial charge is 0.501 e. The minimum atomic E-state index is -3.51. The third-order valence-corrected chi connectivity index (χ3v) is 7.88. The molecule has 2 aliphatic rings. The highest BCUT2D eigenvalue weighted by Gasteiger charge is 2.32. The Morgan fingerprint density at radius 2 is 2.00 bits per heavy atom. The van der Waals surface area contributed by atoms with Gasteiger partial charge in [0.05, 0.1) is 30.3 Å². The zero-order valence-corrected chi connectivity index (χ0v) is 17.5. The van der Waals surface area contributed by atoms with Crippen molar-refractivity contribution in [2.45, 2.75) is 6.42 Å². The van der Waals surface area contributed by atoms with E-state index in [4.69, 9.17) is 4.74 Å². The van der Waals surface area contributed by atoms with E-state index in [0.717, 1.165) is 0 Å². The maximum absolute atomic E-state index is 13.0. The van der Waals surface area contributed by atoms with Crippen LogP contribution in [0.1, 0.15) is 6.42 Å². The van der Waals surface area contributed by atoms with Gasteiger partial charge in [-0.15, -0.1) is 11.3 Å². The van der Waals surface area contributed by atoms with Crippen LogP contribution in [-0.4, -0.2) is 66.5 Å². The van der Waals surface area contributed by atoms with E-state index in [0.29, 0.717) is 55.7 Å². The van der Waals surface area contributed by atoms with Gasteiger partial charge in [0.25, 0.3) is 0 Å². The first-order chi connectivity index (χ1) is 14.5. The summed E-state index contributed by atoms with van der Waals surface area (Å²) in [6.07, 6.45) is 3.64. The molecule has 5 heterocycles. The summed E-state index contributed by atoms with van der Waals surface area (Å²) in [6.45, 7) is 2.62. The smallest absolute Gasteiger partial charge is 0.300 e. The molecule has 10 nitrogen and oxygen atoms in total. The highest BCUT2D eigenvalue weighted by Crippen LogP contribution is 2.34. The van der Waals surface area contributed by atoms with Crippen molar-refractivity contribution in [3.8, 4) is 16.5 Å². The van der Waals surface area contributed by atoms with E-state index < -0.39 is 21.3 Å². The Balaban J connectivity index is 1.80. The van der Waals surface area contributed by atoms with Gasteiger partial charge in [-0.25, -0.2) is 18.4 Å². The molecule has 2 aliphatic heterocycles. The van der Waals surface area contributed by atoms with Gasteiger partial charge in [-0.1, -0.05) is 0 Å². The molecule has 3 aromatic rings. The van der Waals surface area contributed by atoms with Crippen molar-refractivity contribution >= 4 is 38.4 Å². The number of aromatic nitrogens is 3. The number of aromatic hydroxyl groups is 1. The predicted octanol–water partition coefficient (Wildman–Crippen LogP) is 0.900. The van der Waals surface area contributed by atoms with Crippen LogP contribution in [0.25, 0.3) is 16.3 Å². The van der Waals surface area contributed by atoms with Crippen LogP contribution in [0, 0.1) is 0 Å². The Morgan fingerprint density at radius 3 is 2.67 bits per heavy atom. The molecule has 0 spiro atoms. The highest BCUT2D eigenvalue weighted by molar-refractivity contribution is 7.93. The SMILES string of the molecule is O=c1c(O)c(-c2nccs2)nc2c(N3CCCS3(=O)=O)cc(N3CCOCC3)cn12. The number of ether oxygens (including phenoxy) is 1. The van der Waals surface area contributed by atoms with Crippen LogP contribution >= 0.6 is 11.3 Å². The van der Waals surface area contributed by atoms with Crippen LogP contribution in [0.4, 0.5) is 11.4 Å². The molecule has 30 heavy (non-hydrogen) atoms. The van der Waals surface area contributed by atoms with Crippen LogP contribution in [0.3, 0.4) is 0 Å². The number of thiazole rings is 1. The zero-order valence-electron chi connectivity index (χ0n) is 15.9. The molecule has 5 rings (SSSR count). The molecule has 0 bridgehead atoms. The van der Waals surface area contributed by atoms with E-state index in [9.17, 15) is 18.3 Å². The third kappa shape index (κ3) is 3.11. The first kappa shape index (κ1) is 19.3. The molecule has 0 saturated carbocycles. The molecule has 2 fully saturated rings. The minimum Gasteiger partial charge on any atom is -0.501 e. The standard InChI is InChI=1S/C18H19N5O5S2/c24-15-14(17-19-2-8-29-17)20-16-13(23-3-1-9-30(23,26)27)10-12(11-22(16)18(15)25)21-4-6-28-7-5-21/h2,8,10-11,24H,1,3-7,9H2. The van der Waals surface area contributed by atoms with Crippen molar-refractivity contribution in [3.63, 3.8) is 0 Å². The van der Waals surface area contributed by atoms with Crippen molar-refractivity contribution in [1.29, 1.82) is 0 Å². The van der Waals surface area contributed by atoms with Gasteiger partial charge in [-0.3, -0.25) is 13.5 Å². The lowest BCUT2D eigenvalue weighted by Crippen LogP contribution is -2.37. The molecule has 0 aliphatic carbocycles. The summed E-state index contributed by atoms with van der Waals surface area (Å²) in [6, 6.07) is 1.75. The lowest BCUT2D eigenvalue weighted by Gasteiger charge is -2.30. The molecule has 0 unspecified atom stereocenters. The lowest BCUT2D eigenvalue weighted by atomic mass is 10.2. The Kier molecular flexibility index (Phi) is 4.64. The number of sulfonamides is 1. The lowest BCUT2D eigenvalue weighted by molar-refractivity contribution is 0.122. The summed E-state index contributed by atoms with van der Waals surface area (Å²) < 4.78 is 33.3. The van der Waals surface area contributed by atoms with E-state index in [-0.39, 0.29) is 17.1 Å². The summed E-state index contributed by atoms with van der Waals surface area (Å²) in [5.74, 6) is -0.473. The first-order valence-electron chi connectivity index (χ1n) is 9.48. The summed E-state index contributed by atoms with van der Waals surface area (Å²) in [5.41, 5.74) is 0.551. The van der Waals surface area contributed by atoms with Gasteiger partial charge in [0, 0.05) is 37.4 Å². The van der Waals surface area contributed by atoms with Gasteiger partial charge in [0.2, 0.25) is 15.8 Å². The van der Waals surface area contributed by atoms with Gasteiger partial charge >= 0.3 is 5.56 Å². The summed E-state index contributed by atoms with van der Waals surface area (Å²) >= 11 is 1.24. The quantitative estimate of drug-likeness (QED) is 0.627. The molecule has 0 radical (unpaired) electrons. The Bertz CT molecular complexity index is 1270. The van der Waals surface area contributed by atoms with Crippen LogP contribution in [0.2, 0.25) is 0 Å². The third-order valence-electron chi connectivity index (χ3n) is 5.25. The molecule has 0 atom stereocenters. The number of morpholine rings is 1. The number of rotatable bonds is 3. The van der Waals surface area contributed by atoms with Gasteiger partial charge in [-0.2, -0.15) is 0 Å². The number of pyridine rings is 1. The van der Waals surface area contributed by atoms with Crippen LogP contribution in [0.5, 0.6) is 5.75 Å². The molecule has 158 valence electrons. The first-order valence-corrected chi connectivity index (χ1v) is 12.0. The summed E-state index contributed by atoms with van der Waals surface area (Å²) in [4.78, 5) is 23.7. The second kappa shape index (κ2) is 7.22. The van der Waals surface area contributed by atoms with Gasteiger partial charge < -0.3 is 14.7 Å². The second-order valence-corrected chi connectivity index (χ2v) is 9.98. The van der Waals surface area contributed by atoms with E-state index >= 15 is 0 Å². The fourth-order valence-electron chi connectivity index (χ4n) is 3.78. The number of fused-ring (bicyclic) bond motifs is 1. The molecular formula is C18H19N5O5S2. The number of hydrogen-bond acceptors (Lipinski definition) is 9. The monoisotopic (exact) mass is 449 g/mol.